The second kappa shape index (κ2) is 8.02. The summed E-state index contributed by atoms with van der Waals surface area (Å²) in [7, 11) is 0. The second-order valence-corrected chi connectivity index (χ2v) is 7.25. The molecule has 2 heterocycles. The molecule has 0 spiro atoms. The third kappa shape index (κ3) is 4.05. The van der Waals surface area contributed by atoms with Gasteiger partial charge in [0.25, 0.3) is 5.91 Å². The number of rotatable bonds is 5. The van der Waals surface area contributed by atoms with Crippen LogP contribution in [-0.4, -0.2) is 20.5 Å². The topological polar surface area (TPSA) is 59.3 Å². The van der Waals surface area contributed by atoms with Gasteiger partial charge in [-0.1, -0.05) is 24.3 Å². The Morgan fingerprint density at radius 1 is 1.07 bits per heavy atom. The maximum Gasteiger partial charge on any atom is 0.257 e. The maximum atomic E-state index is 13.8. The average Bonchev–Trinajstić information content (AvgIpc) is 3.12. The Morgan fingerprint density at radius 2 is 1.80 bits per heavy atom. The predicted octanol–water partition coefficient (Wildman–Crippen LogP) is 4.34. The van der Waals surface area contributed by atoms with Crippen molar-refractivity contribution in [2.45, 2.75) is 26.3 Å². The fraction of sp³-hybridized carbons (Fsp3) is 0.174. The van der Waals surface area contributed by atoms with Crippen LogP contribution in [0.15, 0.2) is 60.8 Å². The normalized spacial score (nSPS) is 12.1. The van der Waals surface area contributed by atoms with Crippen molar-refractivity contribution in [3.05, 3.63) is 101 Å². The molecule has 7 heteroatoms. The molecule has 0 aliphatic carbocycles. The number of benzene rings is 2. The standard InChI is InChI=1S/C23H20F2N4O/c1-14-9-15(2)29-22(27-14)20(13-26-29)23(30)28-21(17-6-4-8-19(25)12-17)11-16-5-3-7-18(24)10-16/h3-10,12-13,21H,11H2,1-2H3,(H,28,30). The number of carbonyl (C=O) groups is 1. The fourth-order valence-corrected chi connectivity index (χ4v) is 3.54. The Kier molecular flexibility index (Phi) is 5.27. The lowest BCUT2D eigenvalue weighted by Gasteiger charge is -2.19. The summed E-state index contributed by atoms with van der Waals surface area (Å²) in [5, 5.41) is 7.19. The molecule has 30 heavy (non-hydrogen) atoms. The lowest BCUT2D eigenvalue weighted by Crippen LogP contribution is -2.30. The molecular weight excluding hydrogens is 386 g/mol. The Morgan fingerprint density at radius 3 is 2.53 bits per heavy atom. The lowest BCUT2D eigenvalue weighted by molar-refractivity contribution is 0.0938. The minimum absolute atomic E-state index is 0.303. The highest BCUT2D eigenvalue weighted by atomic mass is 19.1. The van der Waals surface area contributed by atoms with E-state index in [2.05, 4.69) is 15.4 Å². The molecule has 0 aliphatic rings. The van der Waals surface area contributed by atoms with Crippen LogP contribution in [0.5, 0.6) is 0 Å². The van der Waals surface area contributed by atoms with E-state index in [0.29, 0.717) is 28.8 Å². The number of halogens is 2. The molecular formula is C23H20F2N4O. The fourth-order valence-electron chi connectivity index (χ4n) is 3.54. The molecule has 2 aromatic heterocycles. The van der Waals surface area contributed by atoms with Crippen LogP contribution >= 0.6 is 0 Å². The van der Waals surface area contributed by atoms with Crippen LogP contribution in [0.2, 0.25) is 0 Å². The summed E-state index contributed by atoms with van der Waals surface area (Å²) in [6.07, 6.45) is 1.77. The highest BCUT2D eigenvalue weighted by Gasteiger charge is 2.21. The summed E-state index contributed by atoms with van der Waals surface area (Å²) in [5.74, 6) is -1.15. The Hall–Kier alpha value is -3.61. The van der Waals surface area contributed by atoms with Crippen molar-refractivity contribution in [3.8, 4) is 0 Å². The van der Waals surface area contributed by atoms with Gasteiger partial charge in [0.15, 0.2) is 5.65 Å². The van der Waals surface area contributed by atoms with Gasteiger partial charge < -0.3 is 5.32 Å². The van der Waals surface area contributed by atoms with Crippen molar-refractivity contribution in [1.29, 1.82) is 0 Å². The van der Waals surface area contributed by atoms with E-state index in [4.69, 9.17) is 0 Å². The molecule has 4 rings (SSSR count). The zero-order valence-electron chi connectivity index (χ0n) is 16.6. The average molecular weight is 406 g/mol. The van der Waals surface area contributed by atoms with Crippen LogP contribution in [0, 0.1) is 25.5 Å². The van der Waals surface area contributed by atoms with Gasteiger partial charge in [0, 0.05) is 11.4 Å². The van der Waals surface area contributed by atoms with E-state index >= 15 is 0 Å². The van der Waals surface area contributed by atoms with Crippen LogP contribution in [0.3, 0.4) is 0 Å². The Labute approximate surface area is 172 Å². The molecule has 1 N–H and O–H groups in total. The molecule has 0 bridgehead atoms. The summed E-state index contributed by atoms with van der Waals surface area (Å²) in [5.41, 5.74) is 3.68. The first-order valence-corrected chi connectivity index (χ1v) is 9.53. The van der Waals surface area contributed by atoms with E-state index in [-0.39, 0.29) is 11.7 Å². The van der Waals surface area contributed by atoms with Crippen molar-refractivity contribution in [2.24, 2.45) is 0 Å². The molecule has 0 fully saturated rings. The van der Waals surface area contributed by atoms with Crippen LogP contribution in [-0.2, 0) is 6.42 Å². The Balaban J connectivity index is 1.68. The van der Waals surface area contributed by atoms with E-state index in [9.17, 15) is 13.6 Å². The van der Waals surface area contributed by atoms with Crippen LogP contribution in [0.1, 0.15) is 38.9 Å². The monoisotopic (exact) mass is 406 g/mol. The number of aromatic nitrogens is 3. The lowest BCUT2D eigenvalue weighted by atomic mass is 9.98. The number of aryl methyl sites for hydroxylation is 2. The largest absolute Gasteiger partial charge is 0.345 e. The number of amides is 1. The second-order valence-electron chi connectivity index (χ2n) is 7.25. The molecule has 1 amide bonds. The smallest absolute Gasteiger partial charge is 0.257 e. The third-order valence-electron chi connectivity index (χ3n) is 4.91. The number of nitrogens with one attached hydrogen (secondary N) is 1. The number of hydrogen-bond acceptors (Lipinski definition) is 3. The first-order valence-electron chi connectivity index (χ1n) is 9.53. The van der Waals surface area contributed by atoms with Gasteiger partial charge >= 0.3 is 0 Å². The van der Waals surface area contributed by atoms with Gasteiger partial charge in [-0.15, -0.1) is 0 Å². The molecule has 0 radical (unpaired) electrons. The highest BCUT2D eigenvalue weighted by Crippen LogP contribution is 2.22. The quantitative estimate of drug-likeness (QED) is 0.536. The molecule has 0 saturated carbocycles. The van der Waals surface area contributed by atoms with Crippen molar-refractivity contribution >= 4 is 11.6 Å². The Bertz CT molecular complexity index is 1240. The molecule has 4 aromatic rings. The summed E-state index contributed by atoms with van der Waals surface area (Å²) in [4.78, 5) is 17.5. The number of nitrogens with zero attached hydrogens (tertiary/aromatic N) is 3. The van der Waals surface area contributed by atoms with Gasteiger partial charge in [0.05, 0.1) is 12.2 Å². The molecule has 1 unspecified atom stereocenters. The first kappa shape index (κ1) is 19.7. The third-order valence-corrected chi connectivity index (χ3v) is 4.91. The molecule has 1 atom stereocenters. The number of fused-ring (bicyclic) bond motifs is 1. The molecule has 0 saturated heterocycles. The number of hydrogen-bond donors (Lipinski definition) is 1. The van der Waals surface area contributed by atoms with Crippen molar-refractivity contribution < 1.29 is 13.6 Å². The summed E-state index contributed by atoms with van der Waals surface area (Å²) < 4.78 is 29.1. The van der Waals surface area contributed by atoms with E-state index < -0.39 is 11.9 Å². The predicted molar refractivity (Wildman–Crippen MR) is 109 cm³/mol. The summed E-state index contributed by atoms with van der Waals surface area (Å²) >= 11 is 0. The highest BCUT2D eigenvalue weighted by molar-refractivity contribution is 5.99. The zero-order valence-corrected chi connectivity index (χ0v) is 16.6. The van der Waals surface area contributed by atoms with Gasteiger partial charge in [0.2, 0.25) is 0 Å². The molecule has 152 valence electrons. The molecule has 5 nitrogen and oxygen atoms in total. The summed E-state index contributed by atoms with van der Waals surface area (Å²) in [6, 6.07) is 13.5. The maximum absolute atomic E-state index is 13.8. The van der Waals surface area contributed by atoms with Crippen molar-refractivity contribution in [1.82, 2.24) is 19.9 Å². The first-order chi connectivity index (χ1) is 14.4. The van der Waals surface area contributed by atoms with Gasteiger partial charge in [-0.05, 0) is 61.7 Å². The van der Waals surface area contributed by atoms with Gasteiger partial charge in [0.1, 0.15) is 17.2 Å². The van der Waals surface area contributed by atoms with Crippen LogP contribution < -0.4 is 5.32 Å². The number of carbonyl (C=O) groups excluding carboxylic acids is 1. The van der Waals surface area contributed by atoms with E-state index in [1.807, 2.05) is 19.9 Å². The van der Waals surface area contributed by atoms with Gasteiger partial charge in [-0.25, -0.2) is 18.3 Å². The zero-order chi connectivity index (χ0) is 21.3. The van der Waals surface area contributed by atoms with Gasteiger partial charge in [-0.3, -0.25) is 4.79 Å². The van der Waals surface area contributed by atoms with E-state index in [0.717, 1.165) is 11.4 Å². The van der Waals surface area contributed by atoms with Gasteiger partial charge in [-0.2, -0.15) is 5.10 Å². The minimum atomic E-state index is -0.559. The molecule has 2 aromatic carbocycles. The van der Waals surface area contributed by atoms with Crippen LogP contribution in [0.4, 0.5) is 8.78 Å². The van der Waals surface area contributed by atoms with E-state index in [1.165, 1.54) is 30.5 Å². The molecule has 0 aliphatic heterocycles. The summed E-state index contributed by atoms with van der Waals surface area (Å²) in [6.45, 7) is 3.73. The van der Waals surface area contributed by atoms with Crippen molar-refractivity contribution in [3.63, 3.8) is 0 Å². The minimum Gasteiger partial charge on any atom is -0.345 e. The van der Waals surface area contributed by atoms with Crippen LogP contribution in [0.25, 0.3) is 5.65 Å². The van der Waals surface area contributed by atoms with Crippen molar-refractivity contribution in [2.75, 3.05) is 0 Å². The SMILES string of the molecule is Cc1cc(C)n2ncc(C(=O)NC(Cc3cccc(F)c3)c3cccc(F)c3)c2n1. The van der Waals surface area contributed by atoms with E-state index in [1.54, 1.807) is 28.8 Å².